The van der Waals surface area contributed by atoms with Gasteiger partial charge in [-0.05, 0) is 29.1 Å². The fraction of sp³-hybridized carbons (Fsp3) is 0.111. The minimum Gasteiger partial charge on any atom is -0.361 e. The Morgan fingerprint density at radius 3 is 3.00 bits per heavy atom. The molecule has 0 saturated carbocycles. The summed E-state index contributed by atoms with van der Waals surface area (Å²) in [5, 5.41) is 2.20. The highest BCUT2D eigenvalue weighted by molar-refractivity contribution is 9.08. The third kappa shape index (κ3) is 1.18. The molecule has 0 radical (unpaired) electrons. The van der Waals surface area contributed by atoms with Crippen LogP contribution in [0, 0.1) is 0 Å². The standard InChI is InChI=1S/C9H8BrN/c10-6-7-1-2-9-8(5-7)3-4-11-9/h1-5,11H,6H2. The Kier molecular flexibility index (Phi) is 1.70. The quantitative estimate of drug-likeness (QED) is 0.696. The second-order valence-corrected chi connectivity index (χ2v) is 3.09. The molecule has 2 rings (SSSR count). The lowest BCUT2D eigenvalue weighted by molar-refractivity contribution is 1.44. The first kappa shape index (κ1) is 6.92. The lowest BCUT2D eigenvalue weighted by Crippen LogP contribution is -1.75. The largest absolute Gasteiger partial charge is 0.361 e. The number of nitrogens with one attached hydrogen (secondary N) is 1. The first-order valence-corrected chi connectivity index (χ1v) is 4.64. The van der Waals surface area contributed by atoms with Crippen LogP contribution in [0.5, 0.6) is 0 Å². The monoisotopic (exact) mass is 209 g/mol. The van der Waals surface area contributed by atoms with Crippen molar-refractivity contribution >= 4 is 26.8 Å². The van der Waals surface area contributed by atoms with Gasteiger partial charge in [-0.2, -0.15) is 0 Å². The lowest BCUT2D eigenvalue weighted by atomic mass is 10.2. The van der Waals surface area contributed by atoms with Crippen molar-refractivity contribution in [3.63, 3.8) is 0 Å². The molecule has 1 aromatic heterocycles. The summed E-state index contributed by atoms with van der Waals surface area (Å²) in [6.07, 6.45) is 1.96. The Hall–Kier alpha value is -0.760. The molecule has 1 N–H and O–H groups in total. The fourth-order valence-electron chi connectivity index (χ4n) is 1.19. The van der Waals surface area contributed by atoms with Gasteiger partial charge in [0.1, 0.15) is 0 Å². The van der Waals surface area contributed by atoms with Crippen molar-refractivity contribution in [3.8, 4) is 0 Å². The molecule has 1 aromatic carbocycles. The Morgan fingerprint density at radius 1 is 1.27 bits per heavy atom. The van der Waals surface area contributed by atoms with E-state index in [1.807, 2.05) is 6.20 Å². The molecule has 0 unspecified atom stereocenters. The van der Waals surface area contributed by atoms with Crippen LogP contribution in [0.15, 0.2) is 30.5 Å². The van der Waals surface area contributed by atoms with Crippen LogP contribution in [-0.2, 0) is 5.33 Å². The van der Waals surface area contributed by atoms with Crippen LogP contribution in [0.25, 0.3) is 10.9 Å². The van der Waals surface area contributed by atoms with E-state index in [9.17, 15) is 0 Å². The summed E-state index contributed by atoms with van der Waals surface area (Å²) in [6.45, 7) is 0. The van der Waals surface area contributed by atoms with Crippen molar-refractivity contribution in [2.45, 2.75) is 5.33 Å². The topological polar surface area (TPSA) is 15.8 Å². The number of hydrogen-bond acceptors (Lipinski definition) is 0. The number of aromatic amines is 1. The van der Waals surface area contributed by atoms with E-state index in [4.69, 9.17) is 0 Å². The van der Waals surface area contributed by atoms with Gasteiger partial charge in [0, 0.05) is 17.0 Å². The highest BCUT2D eigenvalue weighted by Gasteiger charge is 1.94. The van der Waals surface area contributed by atoms with Gasteiger partial charge in [-0.1, -0.05) is 22.0 Å². The maximum Gasteiger partial charge on any atom is 0.0454 e. The number of rotatable bonds is 1. The average Bonchev–Trinajstić information content (AvgIpc) is 2.50. The molecule has 0 atom stereocenters. The second kappa shape index (κ2) is 2.70. The molecule has 56 valence electrons. The van der Waals surface area contributed by atoms with Gasteiger partial charge < -0.3 is 4.98 Å². The molecule has 0 bridgehead atoms. The van der Waals surface area contributed by atoms with Crippen LogP contribution in [0.4, 0.5) is 0 Å². The van der Waals surface area contributed by atoms with Crippen LogP contribution in [0.2, 0.25) is 0 Å². The normalized spacial score (nSPS) is 10.6. The van der Waals surface area contributed by atoms with E-state index in [1.165, 1.54) is 16.5 Å². The van der Waals surface area contributed by atoms with Crippen molar-refractivity contribution < 1.29 is 0 Å². The van der Waals surface area contributed by atoms with Crippen LogP contribution in [0.3, 0.4) is 0 Å². The Bertz CT molecular complexity index is 364. The third-order valence-electron chi connectivity index (χ3n) is 1.77. The second-order valence-electron chi connectivity index (χ2n) is 2.53. The third-order valence-corrected chi connectivity index (χ3v) is 2.42. The fourth-order valence-corrected chi connectivity index (χ4v) is 1.53. The molecule has 0 aliphatic carbocycles. The van der Waals surface area contributed by atoms with Crippen molar-refractivity contribution in [1.29, 1.82) is 0 Å². The zero-order chi connectivity index (χ0) is 7.68. The molecule has 2 heteroatoms. The predicted octanol–water partition coefficient (Wildman–Crippen LogP) is 3.06. The van der Waals surface area contributed by atoms with E-state index >= 15 is 0 Å². The summed E-state index contributed by atoms with van der Waals surface area (Å²) >= 11 is 3.42. The number of H-pyrrole nitrogens is 1. The molecule has 0 spiro atoms. The van der Waals surface area contributed by atoms with Gasteiger partial charge in [0.05, 0.1) is 0 Å². The predicted molar refractivity (Wildman–Crippen MR) is 50.9 cm³/mol. The summed E-state index contributed by atoms with van der Waals surface area (Å²) in [5.74, 6) is 0. The van der Waals surface area contributed by atoms with Gasteiger partial charge in [0.25, 0.3) is 0 Å². The Morgan fingerprint density at radius 2 is 2.18 bits per heavy atom. The van der Waals surface area contributed by atoms with Gasteiger partial charge in [-0.15, -0.1) is 0 Å². The molecule has 2 aromatic rings. The van der Waals surface area contributed by atoms with Gasteiger partial charge in [0.2, 0.25) is 0 Å². The molecule has 0 saturated heterocycles. The molecule has 0 fully saturated rings. The smallest absolute Gasteiger partial charge is 0.0454 e. The van der Waals surface area contributed by atoms with Crippen molar-refractivity contribution in [2.75, 3.05) is 0 Å². The minimum atomic E-state index is 0.925. The lowest BCUT2D eigenvalue weighted by Gasteiger charge is -1.93. The maximum absolute atomic E-state index is 3.42. The number of fused-ring (bicyclic) bond motifs is 1. The van der Waals surface area contributed by atoms with E-state index in [0.29, 0.717) is 0 Å². The summed E-state index contributed by atoms with van der Waals surface area (Å²) < 4.78 is 0. The number of hydrogen-bond donors (Lipinski definition) is 1. The van der Waals surface area contributed by atoms with Crippen LogP contribution in [0.1, 0.15) is 5.56 Å². The Labute approximate surface area is 73.6 Å². The number of aromatic nitrogens is 1. The van der Waals surface area contributed by atoms with Crippen LogP contribution < -0.4 is 0 Å². The first-order valence-electron chi connectivity index (χ1n) is 3.52. The first-order chi connectivity index (χ1) is 5.40. The number of halogens is 1. The van der Waals surface area contributed by atoms with E-state index in [0.717, 1.165) is 5.33 Å². The van der Waals surface area contributed by atoms with E-state index in [2.05, 4.69) is 45.2 Å². The van der Waals surface area contributed by atoms with Gasteiger partial charge in [0.15, 0.2) is 0 Å². The van der Waals surface area contributed by atoms with Crippen molar-refractivity contribution in [1.82, 2.24) is 4.98 Å². The number of alkyl halides is 1. The zero-order valence-electron chi connectivity index (χ0n) is 5.97. The molecule has 1 heterocycles. The summed E-state index contributed by atoms with van der Waals surface area (Å²) in [4.78, 5) is 3.16. The highest BCUT2D eigenvalue weighted by atomic mass is 79.9. The summed E-state index contributed by atoms with van der Waals surface area (Å²) in [7, 11) is 0. The summed E-state index contributed by atoms with van der Waals surface area (Å²) in [5.41, 5.74) is 2.52. The van der Waals surface area contributed by atoms with Crippen molar-refractivity contribution in [3.05, 3.63) is 36.0 Å². The molecular formula is C9H8BrN. The molecule has 1 nitrogen and oxygen atoms in total. The molecule has 0 amide bonds. The molecule has 11 heavy (non-hydrogen) atoms. The van der Waals surface area contributed by atoms with Gasteiger partial charge >= 0.3 is 0 Å². The average molecular weight is 210 g/mol. The van der Waals surface area contributed by atoms with Crippen LogP contribution >= 0.6 is 15.9 Å². The minimum absolute atomic E-state index is 0.925. The van der Waals surface area contributed by atoms with Gasteiger partial charge in [-0.3, -0.25) is 0 Å². The maximum atomic E-state index is 3.42. The van der Waals surface area contributed by atoms with E-state index in [1.54, 1.807) is 0 Å². The Balaban J connectivity index is 2.67. The van der Waals surface area contributed by atoms with Gasteiger partial charge in [-0.25, -0.2) is 0 Å². The van der Waals surface area contributed by atoms with E-state index < -0.39 is 0 Å². The van der Waals surface area contributed by atoms with Crippen LogP contribution in [-0.4, -0.2) is 4.98 Å². The van der Waals surface area contributed by atoms with Crippen molar-refractivity contribution in [2.24, 2.45) is 0 Å². The summed E-state index contributed by atoms with van der Waals surface area (Å²) in [6, 6.07) is 8.49. The van der Waals surface area contributed by atoms with E-state index in [-0.39, 0.29) is 0 Å². The molecular weight excluding hydrogens is 202 g/mol. The SMILES string of the molecule is BrCc1ccc2[nH]ccc2c1. The molecule has 0 aliphatic heterocycles. The highest BCUT2D eigenvalue weighted by Crippen LogP contribution is 2.15. The number of benzene rings is 1. The zero-order valence-corrected chi connectivity index (χ0v) is 7.56. The molecule has 0 aliphatic rings.